The molecule has 0 unspecified atom stereocenters. The van der Waals surface area contributed by atoms with Gasteiger partial charge < -0.3 is 9.47 Å². The molecular formula is C15H28O3. The summed E-state index contributed by atoms with van der Waals surface area (Å²) in [7, 11) is 0. The molecule has 0 N–H and O–H groups in total. The first kappa shape index (κ1) is 17.2. The van der Waals surface area contributed by atoms with Crippen LogP contribution in [0.2, 0.25) is 0 Å². The molecule has 0 spiro atoms. The largest absolute Gasteiger partial charge is 0.465 e. The summed E-state index contributed by atoms with van der Waals surface area (Å²) in [6.07, 6.45) is 5.00. The lowest BCUT2D eigenvalue weighted by atomic mass is 9.84. The average Bonchev–Trinajstić information content (AvgIpc) is 2.27. The highest BCUT2D eigenvalue weighted by molar-refractivity contribution is 5.75. The van der Waals surface area contributed by atoms with Crippen LogP contribution in [0.4, 0.5) is 0 Å². The van der Waals surface area contributed by atoms with E-state index in [0.29, 0.717) is 6.61 Å². The van der Waals surface area contributed by atoms with Gasteiger partial charge in [-0.05, 0) is 41.0 Å². The molecule has 0 amide bonds. The van der Waals surface area contributed by atoms with Gasteiger partial charge in [0.05, 0.1) is 24.0 Å². The van der Waals surface area contributed by atoms with Crippen molar-refractivity contribution in [2.75, 3.05) is 19.8 Å². The molecule has 0 atom stereocenters. The van der Waals surface area contributed by atoms with Gasteiger partial charge in [-0.2, -0.15) is 0 Å². The molecule has 0 aromatic rings. The normalized spacial score (nSPS) is 17.7. The Morgan fingerprint density at radius 2 is 1.78 bits per heavy atom. The zero-order valence-electron chi connectivity index (χ0n) is 12.7. The lowest BCUT2D eigenvalue weighted by molar-refractivity contribution is -0.177. The van der Waals surface area contributed by atoms with E-state index in [0.717, 1.165) is 19.6 Å². The lowest BCUT2D eigenvalue weighted by Gasteiger charge is -2.40. The van der Waals surface area contributed by atoms with Crippen molar-refractivity contribution < 1.29 is 14.3 Å². The summed E-state index contributed by atoms with van der Waals surface area (Å²) in [5, 5.41) is 0. The van der Waals surface area contributed by atoms with Gasteiger partial charge in [-0.25, -0.2) is 0 Å². The topological polar surface area (TPSA) is 35.5 Å². The molecule has 0 aliphatic carbocycles. The van der Waals surface area contributed by atoms with E-state index in [4.69, 9.17) is 9.47 Å². The second kappa shape index (κ2) is 7.57. The van der Waals surface area contributed by atoms with E-state index >= 15 is 0 Å². The maximum absolute atomic E-state index is 11.5. The maximum atomic E-state index is 11.5. The van der Waals surface area contributed by atoms with Crippen molar-refractivity contribution in [2.45, 2.75) is 48.0 Å². The lowest BCUT2D eigenvalue weighted by Crippen LogP contribution is -2.46. The second-order valence-corrected chi connectivity index (χ2v) is 5.84. The highest BCUT2D eigenvalue weighted by atomic mass is 16.5. The van der Waals surface area contributed by atoms with E-state index < -0.39 is 5.41 Å². The fourth-order valence-corrected chi connectivity index (χ4v) is 1.22. The predicted octanol–water partition coefficient (Wildman–Crippen LogP) is 3.58. The predicted molar refractivity (Wildman–Crippen MR) is 74.4 cm³/mol. The Morgan fingerprint density at radius 3 is 2.00 bits per heavy atom. The van der Waals surface area contributed by atoms with Crippen LogP contribution in [0.25, 0.3) is 0 Å². The molecule has 1 aliphatic rings. The number of carbonyl (C=O) groups excluding carboxylic acids is 1. The van der Waals surface area contributed by atoms with Crippen molar-refractivity contribution in [3.63, 3.8) is 0 Å². The molecule has 1 fully saturated rings. The van der Waals surface area contributed by atoms with Crippen LogP contribution in [-0.4, -0.2) is 25.8 Å². The third-order valence-electron chi connectivity index (χ3n) is 3.02. The Morgan fingerprint density at radius 1 is 1.28 bits per heavy atom. The Labute approximate surface area is 112 Å². The van der Waals surface area contributed by atoms with Gasteiger partial charge in [0.1, 0.15) is 6.61 Å². The minimum Gasteiger partial charge on any atom is -0.465 e. The van der Waals surface area contributed by atoms with Crippen molar-refractivity contribution in [1.82, 2.24) is 0 Å². The van der Waals surface area contributed by atoms with Crippen molar-refractivity contribution in [3.8, 4) is 0 Å². The van der Waals surface area contributed by atoms with Crippen LogP contribution < -0.4 is 0 Å². The molecule has 0 saturated carbocycles. The Balaban J connectivity index is 0.000000631. The zero-order chi connectivity index (χ0) is 14.2. The monoisotopic (exact) mass is 256 g/mol. The molecule has 1 saturated heterocycles. The first-order valence-electron chi connectivity index (χ1n) is 6.63. The zero-order valence-corrected chi connectivity index (χ0v) is 12.7. The Bertz CT molecular complexity index is 260. The number of rotatable bonds is 3. The van der Waals surface area contributed by atoms with Gasteiger partial charge in [-0.1, -0.05) is 19.1 Å². The minimum atomic E-state index is -0.403. The average molecular weight is 256 g/mol. The summed E-state index contributed by atoms with van der Waals surface area (Å²) >= 11 is 0. The van der Waals surface area contributed by atoms with Gasteiger partial charge in [0.25, 0.3) is 0 Å². The van der Waals surface area contributed by atoms with Gasteiger partial charge in [-0.3, -0.25) is 4.79 Å². The SMILES string of the molecule is CC=CC.CCC1(COC(=O)C(C)(C)C)COC1. The Kier molecular flexibility index (Phi) is 7.22. The molecule has 3 heteroatoms. The van der Waals surface area contributed by atoms with Gasteiger partial charge in [-0.15, -0.1) is 0 Å². The molecule has 3 nitrogen and oxygen atoms in total. The van der Waals surface area contributed by atoms with Gasteiger partial charge in [0.2, 0.25) is 0 Å². The number of hydrogen-bond acceptors (Lipinski definition) is 3. The standard InChI is InChI=1S/C11H20O3.C4H8/c1-5-11(6-13-7-11)8-14-9(12)10(2,3)4;1-3-4-2/h5-8H2,1-4H3;3-4H,1-2H3. The molecule has 0 aromatic carbocycles. The summed E-state index contributed by atoms with van der Waals surface area (Å²) in [4.78, 5) is 11.5. The number of hydrogen-bond donors (Lipinski definition) is 0. The fraction of sp³-hybridized carbons (Fsp3) is 0.800. The Hall–Kier alpha value is -0.830. The third kappa shape index (κ3) is 5.67. The molecular weight excluding hydrogens is 228 g/mol. The molecule has 1 aliphatic heterocycles. The van der Waals surface area contributed by atoms with E-state index in [9.17, 15) is 4.79 Å². The van der Waals surface area contributed by atoms with Crippen molar-refractivity contribution in [3.05, 3.63) is 12.2 Å². The quantitative estimate of drug-likeness (QED) is 0.572. The summed E-state index contributed by atoms with van der Waals surface area (Å²) in [5.41, 5.74) is -0.305. The molecule has 0 aromatic heterocycles. The van der Waals surface area contributed by atoms with E-state index in [-0.39, 0.29) is 11.4 Å². The summed E-state index contributed by atoms with van der Waals surface area (Å²) in [6, 6.07) is 0. The summed E-state index contributed by atoms with van der Waals surface area (Å²) in [5.74, 6) is -0.128. The molecule has 106 valence electrons. The molecule has 1 heterocycles. The van der Waals surface area contributed by atoms with E-state index in [1.54, 1.807) is 0 Å². The maximum Gasteiger partial charge on any atom is 0.311 e. The van der Waals surface area contributed by atoms with Gasteiger partial charge in [0, 0.05) is 0 Å². The van der Waals surface area contributed by atoms with Gasteiger partial charge >= 0.3 is 5.97 Å². The van der Waals surface area contributed by atoms with Crippen molar-refractivity contribution >= 4 is 5.97 Å². The van der Waals surface area contributed by atoms with Gasteiger partial charge in [0.15, 0.2) is 0 Å². The molecule has 18 heavy (non-hydrogen) atoms. The van der Waals surface area contributed by atoms with Crippen LogP contribution in [0, 0.1) is 10.8 Å². The van der Waals surface area contributed by atoms with Crippen LogP contribution in [0.5, 0.6) is 0 Å². The molecule has 0 radical (unpaired) electrons. The van der Waals surface area contributed by atoms with Crippen LogP contribution >= 0.6 is 0 Å². The van der Waals surface area contributed by atoms with Crippen molar-refractivity contribution in [1.29, 1.82) is 0 Å². The highest BCUT2D eigenvalue weighted by Gasteiger charge is 2.39. The highest BCUT2D eigenvalue weighted by Crippen LogP contribution is 2.32. The minimum absolute atomic E-state index is 0.0981. The van der Waals surface area contributed by atoms with Crippen molar-refractivity contribution in [2.24, 2.45) is 10.8 Å². The fourth-order valence-electron chi connectivity index (χ4n) is 1.22. The smallest absolute Gasteiger partial charge is 0.311 e. The van der Waals surface area contributed by atoms with Crippen LogP contribution in [-0.2, 0) is 14.3 Å². The van der Waals surface area contributed by atoms with E-state index in [2.05, 4.69) is 6.92 Å². The van der Waals surface area contributed by atoms with Crippen LogP contribution in [0.1, 0.15) is 48.0 Å². The summed E-state index contributed by atoms with van der Waals surface area (Å²) in [6.45, 7) is 13.6. The van der Waals surface area contributed by atoms with Crippen LogP contribution in [0.3, 0.4) is 0 Å². The number of ether oxygens (including phenoxy) is 2. The summed E-state index contributed by atoms with van der Waals surface area (Å²) < 4.78 is 10.4. The van der Waals surface area contributed by atoms with Crippen LogP contribution in [0.15, 0.2) is 12.2 Å². The first-order chi connectivity index (χ1) is 8.31. The third-order valence-corrected chi connectivity index (χ3v) is 3.02. The molecule has 1 rings (SSSR count). The van der Waals surface area contributed by atoms with E-state index in [1.165, 1.54) is 0 Å². The number of carbonyl (C=O) groups is 1. The number of esters is 1. The second-order valence-electron chi connectivity index (χ2n) is 5.84. The molecule has 0 bridgehead atoms. The van der Waals surface area contributed by atoms with E-state index in [1.807, 2.05) is 46.8 Å². The first-order valence-corrected chi connectivity index (χ1v) is 6.63. The number of allylic oxidation sites excluding steroid dienone is 2.